The summed E-state index contributed by atoms with van der Waals surface area (Å²) in [6.45, 7) is 3.96. The maximum atomic E-state index is 9.66. The molecule has 1 N–H and O–H groups in total. The van der Waals surface area contributed by atoms with Crippen LogP contribution in [0.5, 0.6) is 0 Å². The minimum Gasteiger partial charge on any atom is -0.388 e. The van der Waals surface area contributed by atoms with Crippen molar-refractivity contribution in [3.8, 4) is 0 Å². The predicted octanol–water partition coefficient (Wildman–Crippen LogP) is 2.53. The third-order valence-electron chi connectivity index (χ3n) is 1.70. The lowest BCUT2D eigenvalue weighted by molar-refractivity contribution is 0.126. The second-order valence-corrected chi connectivity index (χ2v) is 4.04. The highest BCUT2D eigenvalue weighted by atomic mass is 79.9. The zero-order chi connectivity index (χ0) is 9.14. The number of rotatable bonds is 2. The molecule has 0 bridgehead atoms. The summed E-state index contributed by atoms with van der Waals surface area (Å²) in [7, 11) is 0. The Bertz CT molecular complexity index is 262. The molecule has 0 amide bonds. The van der Waals surface area contributed by atoms with Crippen LogP contribution < -0.4 is 0 Å². The van der Waals surface area contributed by atoms with E-state index >= 15 is 0 Å². The van der Waals surface area contributed by atoms with Gasteiger partial charge in [-0.2, -0.15) is 0 Å². The fourth-order valence-electron chi connectivity index (χ4n) is 0.975. The Hall–Kier alpha value is -0.410. The van der Waals surface area contributed by atoms with Crippen LogP contribution in [0.4, 0.5) is 0 Å². The maximum Gasteiger partial charge on any atom is 0.0828 e. The van der Waals surface area contributed by atoms with Gasteiger partial charge in [-0.3, -0.25) is 4.98 Å². The summed E-state index contributed by atoms with van der Waals surface area (Å²) in [5.74, 6) is 0.223. The van der Waals surface area contributed by atoms with Crippen molar-refractivity contribution in [3.05, 3.63) is 28.5 Å². The van der Waals surface area contributed by atoms with E-state index in [1.54, 1.807) is 12.4 Å². The molecular formula is C9H12BrNO. The van der Waals surface area contributed by atoms with Crippen LogP contribution in [0.15, 0.2) is 22.9 Å². The SMILES string of the molecule is CC(C)C(O)c1cncc(Br)c1. The van der Waals surface area contributed by atoms with E-state index in [1.165, 1.54) is 0 Å². The van der Waals surface area contributed by atoms with Crippen LogP contribution in [0.25, 0.3) is 0 Å². The van der Waals surface area contributed by atoms with Crippen LogP contribution in [0, 0.1) is 5.92 Å². The first-order valence-electron chi connectivity index (χ1n) is 3.89. The third-order valence-corrected chi connectivity index (χ3v) is 2.13. The van der Waals surface area contributed by atoms with E-state index < -0.39 is 6.10 Å². The van der Waals surface area contributed by atoms with Gasteiger partial charge in [-0.25, -0.2) is 0 Å². The van der Waals surface area contributed by atoms with Gasteiger partial charge < -0.3 is 5.11 Å². The van der Waals surface area contributed by atoms with Gasteiger partial charge in [0, 0.05) is 22.4 Å². The first-order chi connectivity index (χ1) is 5.61. The molecule has 1 aromatic rings. The highest BCUT2D eigenvalue weighted by molar-refractivity contribution is 9.10. The Morgan fingerprint density at radius 1 is 1.42 bits per heavy atom. The van der Waals surface area contributed by atoms with E-state index in [0.29, 0.717) is 0 Å². The lowest BCUT2D eigenvalue weighted by atomic mass is 10.0. The molecule has 0 aliphatic heterocycles. The van der Waals surface area contributed by atoms with Gasteiger partial charge in [0.25, 0.3) is 0 Å². The molecule has 0 radical (unpaired) electrons. The Balaban J connectivity index is 2.88. The minimum absolute atomic E-state index is 0.223. The van der Waals surface area contributed by atoms with Crippen molar-refractivity contribution in [2.24, 2.45) is 5.92 Å². The van der Waals surface area contributed by atoms with E-state index in [-0.39, 0.29) is 5.92 Å². The van der Waals surface area contributed by atoms with Crippen LogP contribution in [-0.4, -0.2) is 10.1 Å². The Kier molecular flexibility index (Phi) is 3.23. The lowest BCUT2D eigenvalue weighted by Gasteiger charge is -2.13. The van der Waals surface area contributed by atoms with E-state index in [4.69, 9.17) is 0 Å². The van der Waals surface area contributed by atoms with Gasteiger partial charge in [0.2, 0.25) is 0 Å². The summed E-state index contributed by atoms with van der Waals surface area (Å²) in [5, 5.41) is 9.66. The normalized spacial score (nSPS) is 13.4. The molecule has 0 aliphatic carbocycles. The van der Waals surface area contributed by atoms with Gasteiger partial charge in [0.05, 0.1) is 6.10 Å². The first-order valence-corrected chi connectivity index (χ1v) is 4.69. The number of pyridine rings is 1. The van der Waals surface area contributed by atoms with Gasteiger partial charge in [-0.15, -0.1) is 0 Å². The van der Waals surface area contributed by atoms with E-state index in [1.807, 2.05) is 19.9 Å². The standard InChI is InChI=1S/C9H12BrNO/c1-6(2)9(12)7-3-8(10)5-11-4-7/h3-6,9,12H,1-2H3. The summed E-state index contributed by atoms with van der Waals surface area (Å²) in [4.78, 5) is 3.98. The number of hydrogen-bond donors (Lipinski definition) is 1. The van der Waals surface area contributed by atoms with E-state index in [9.17, 15) is 5.11 Å². The molecule has 2 nitrogen and oxygen atoms in total. The van der Waals surface area contributed by atoms with Crippen molar-refractivity contribution in [1.82, 2.24) is 4.98 Å². The summed E-state index contributed by atoms with van der Waals surface area (Å²) in [5.41, 5.74) is 0.861. The van der Waals surface area contributed by atoms with Crippen LogP contribution in [0.1, 0.15) is 25.5 Å². The molecule has 1 aromatic heterocycles. The summed E-state index contributed by atoms with van der Waals surface area (Å²) in [6, 6.07) is 1.89. The molecule has 12 heavy (non-hydrogen) atoms. The van der Waals surface area contributed by atoms with Gasteiger partial charge >= 0.3 is 0 Å². The number of aromatic nitrogens is 1. The first kappa shape index (κ1) is 9.68. The van der Waals surface area contributed by atoms with Crippen LogP contribution in [0.2, 0.25) is 0 Å². The van der Waals surface area contributed by atoms with Gasteiger partial charge in [0.1, 0.15) is 0 Å². The van der Waals surface area contributed by atoms with Gasteiger partial charge in [0.15, 0.2) is 0 Å². The average molecular weight is 230 g/mol. The smallest absolute Gasteiger partial charge is 0.0828 e. The van der Waals surface area contributed by atoms with E-state index in [2.05, 4.69) is 20.9 Å². The molecule has 0 saturated carbocycles. The highest BCUT2D eigenvalue weighted by Gasteiger charge is 2.11. The number of aliphatic hydroxyl groups is 1. The quantitative estimate of drug-likeness (QED) is 0.846. The third kappa shape index (κ3) is 2.29. The number of aliphatic hydroxyl groups excluding tert-OH is 1. The molecule has 0 aliphatic rings. The highest BCUT2D eigenvalue weighted by Crippen LogP contribution is 2.22. The zero-order valence-electron chi connectivity index (χ0n) is 7.16. The molecule has 0 saturated heterocycles. The van der Waals surface area contributed by atoms with Crippen LogP contribution >= 0.6 is 15.9 Å². The predicted molar refractivity (Wildman–Crippen MR) is 51.7 cm³/mol. The molecule has 0 fully saturated rings. The summed E-state index contributed by atoms with van der Waals surface area (Å²) >= 11 is 3.31. The monoisotopic (exact) mass is 229 g/mol. The van der Waals surface area contributed by atoms with Gasteiger partial charge in [-0.1, -0.05) is 13.8 Å². The Morgan fingerprint density at radius 3 is 2.58 bits per heavy atom. The van der Waals surface area contributed by atoms with Crippen LogP contribution in [-0.2, 0) is 0 Å². The fraction of sp³-hybridized carbons (Fsp3) is 0.444. The maximum absolute atomic E-state index is 9.66. The molecule has 0 spiro atoms. The van der Waals surface area contributed by atoms with Crippen molar-refractivity contribution in [3.63, 3.8) is 0 Å². The van der Waals surface area contributed by atoms with Crippen molar-refractivity contribution in [2.45, 2.75) is 20.0 Å². The lowest BCUT2D eigenvalue weighted by Crippen LogP contribution is -2.05. The number of nitrogens with zero attached hydrogens (tertiary/aromatic N) is 1. The summed E-state index contributed by atoms with van der Waals surface area (Å²) in [6.07, 6.45) is 2.97. The molecule has 1 heterocycles. The largest absolute Gasteiger partial charge is 0.388 e. The van der Waals surface area contributed by atoms with Crippen LogP contribution in [0.3, 0.4) is 0 Å². The number of hydrogen-bond acceptors (Lipinski definition) is 2. The molecule has 1 unspecified atom stereocenters. The van der Waals surface area contributed by atoms with Crippen molar-refractivity contribution >= 4 is 15.9 Å². The molecule has 66 valence electrons. The van der Waals surface area contributed by atoms with E-state index in [0.717, 1.165) is 10.0 Å². The minimum atomic E-state index is -0.421. The van der Waals surface area contributed by atoms with Crippen molar-refractivity contribution in [1.29, 1.82) is 0 Å². The zero-order valence-corrected chi connectivity index (χ0v) is 8.75. The Morgan fingerprint density at radius 2 is 2.08 bits per heavy atom. The average Bonchev–Trinajstić information content (AvgIpc) is 2.03. The molecule has 0 aromatic carbocycles. The van der Waals surface area contributed by atoms with Crippen molar-refractivity contribution in [2.75, 3.05) is 0 Å². The topological polar surface area (TPSA) is 33.1 Å². The summed E-state index contributed by atoms with van der Waals surface area (Å²) < 4.78 is 0.903. The molecule has 3 heteroatoms. The second kappa shape index (κ2) is 4.01. The molecule has 1 rings (SSSR count). The van der Waals surface area contributed by atoms with Gasteiger partial charge in [-0.05, 0) is 27.9 Å². The van der Waals surface area contributed by atoms with Crippen molar-refractivity contribution < 1.29 is 5.11 Å². The number of halogens is 1. The second-order valence-electron chi connectivity index (χ2n) is 3.13. The Labute approximate surface area is 80.8 Å². The molecular weight excluding hydrogens is 218 g/mol. The molecule has 1 atom stereocenters. The fourth-order valence-corrected chi connectivity index (χ4v) is 1.36.